The van der Waals surface area contributed by atoms with Gasteiger partial charge >= 0.3 is 18.6 Å². The quantitative estimate of drug-likeness (QED) is 0.484. The summed E-state index contributed by atoms with van der Waals surface area (Å²) in [6.07, 6.45) is -8.73. The van der Waals surface area contributed by atoms with E-state index in [1.54, 1.807) is 0 Å². The van der Waals surface area contributed by atoms with Crippen LogP contribution in [0.25, 0.3) is 0 Å². The van der Waals surface area contributed by atoms with Crippen LogP contribution in [0.5, 0.6) is 11.5 Å². The van der Waals surface area contributed by atoms with E-state index in [-0.39, 0.29) is 0 Å². The summed E-state index contributed by atoms with van der Waals surface area (Å²) in [6, 6.07) is 0.333. The molecular weight excluding hydrogens is 283 g/mol. The molecule has 0 spiro atoms. The van der Waals surface area contributed by atoms with Crippen molar-refractivity contribution in [1.29, 1.82) is 0 Å². The summed E-state index contributed by atoms with van der Waals surface area (Å²) in [5.41, 5.74) is -1.50. The number of hydrogen-bond acceptors (Lipinski definition) is 5. The van der Waals surface area contributed by atoms with E-state index in [4.69, 9.17) is 0 Å². The smallest absolute Gasteiger partial charge is 0.489 e. The molecule has 0 aliphatic rings. The zero-order valence-electron chi connectivity index (χ0n) is 9.07. The molecule has 0 aliphatic heterocycles. The van der Waals surface area contributed by atoms with Gasteiger partial charge in [0.05, 0.1) is 7.11 Å². The number of aromatic nitrogens is 1. The van der Waals surface area contributed by atoms with Crippen molar-refractivity contribution in [3.8, 4) is 11.5 Å². The molecule has 0 saturated carbocycles. The van der Waals surface area contributed by atoms with E-state index in [2.05, 4.69) is 14.5 Å². The maximum Gasteiger partial charge on any atom is 0.573 e. The van der Waals surface area contributed by atoms with E-state index >= 15 is 0 Å². The van der Waals surface area contributed by atoms with Gasteiger partial charge in [-0.3, -0.25) is 0 Å². The molecule has 1 heterocycles. The predicted octanol–water partition coefficient (Wildman–Crippen LogP) is 2.83. The van der Waals surface area contributed by atoms with E-state index in [1.807, 2.05) is 0 Å². The number of halogens is 5. The molecule has 0 saturated heterocycles. The van der Waals surface area contributed by atoms with Gasteiger partial charge in [0.15, 0.2) is 5.75 Å². The average Bonchev–Trinajstić information content (AvgIpc) is 2.25. The number of hydrogen-bond donors (Lipinski definition) is 0. The van der Waals surface area contributed by atoms with Crippen molar-refractivity contribution in [2.24, 2.45) is 0 Å². The van der Waals surface area contributed by atoms with Gasteiger partial charge in [-0.15, -0.1) is 13.2 Å². The van der Waals surface area contributed by atoms with Crippen LogP contribution in [0.3, 0.4) is 0 Å². The second kappa shape index (κ2) is 5.20. The van der Waals surface area contributed by atoms with Gasteiger partial charge in [-0.2, -0.15) is 0 Å². The molecule has 106 valence electrons. The van der Waals surface area contributed by atoms with Crippen LogP contribution in [0.2, 0.25) is 0 Å². The van der Waals surface area contributed by atoms with Crippen LogP contribution in [0.15, 0.2) is 6.07 Å². The van der Waals surface area contributed by atoms with Gasteiger partial charge in [0.1, 0.15) is 0 Å². The van der Waals surface area contributed by atoms with Crippen LogP contribution in [-0.4, -0.2) is 23.4 Å². The van der Waals surface area contributed by atoms with Crippen LogP contribution in [0.4, 0.5) is 27.8 Å². The number of pyridine rings is 1. The van der Waals surface area contributed by atoms with E-state index in [9.17, 15) is 32.1 Å². The lowest BCUT2D eigenvalue weighted by atomic mass is 10.3. The van der Waals surface area contributed by atoms with Gasteiger partial charge in [-0.25, -0.2) is 8.78 Å². The predicted molar refractivity (Wildman–Crippen MR) is 49.1 cm³/mol. The molecule has 19 heavy (non-hydrogen) atoms. The first-order valence-electron chi connectivity index (χ1n) is 4.43. The lowest BCUT2D eigenvalue weighted by Crippen LogP contribution is -2.19. The van der Waals surface area contributed by atoms with Crippen molar-refractivity contribution in [1.82, 2.24) is 4.98 Å². The third-order valence-electron chi connectivity index (χ3n) is 1.79. The van der Waals surface area contributed by atoms with Crippen molar-refractivity contribution in [2.45, 2.75) is 12.8 Å². The first-order chi connectivity index (χ1) is 8.65. The molecule has 0 N–H and O–H groups in total. The zero-order chi connectivity index (χ0) is 14.8. The van der Waals surface area contributed by atoms with E-state index in [1.165, 1.54) is 0 Å². The molecule has 0 atom stereocenters. The number of nitro groups is 1. The van der Waals surface area contributed by atoms with Gasteiger partial charge in [-0.05, 0) is 9.91 Å². The summed E-state index contributed by atoms with van der Waals surface area (Å²) in [5, 5.41) is 10.5. The molecule has 1 rings (SSSR count). The summed E-state index contributed by atoms with van der Waals surface area (Å²) in [6.45, 7) is 0. The molecule has 0 amide bonds. The molecule has 1 aromatic heterocycles. The Balaban J connectivity index is 3.40. The Bertz CT molecular complexity index is 491. The Morgan fingerprint density at radius 3 is 2.32 bits per heavy atom. The zero-order valence-corrected chi connectivity index (χ0v) is 9.07. The summed E-state index contributed by atoms with van der Waals surface area (Å²) >= 11 is 0. The normalized spacial score (nSPS) is 11.5. The maximum atomic E-state index is 12.5. The monoisotopic (exact) mass is 288 g/mol. The number of nitrogens with zero attached hydrogens (tertiary/aromatic N) is 2. The van der Waals surface area contributed by atoms with Gasteiger partial charge in [0.2, 0.25) is 5.75 Å². The topological polar surface area (TPSA) is 74.5 Å². The van der Waals surface area contributed by atoms with Crippen molar-refractivity contribution in [2.75, 3.05) is 7.11 Å². The molecule has 11 heteroatoms. The van der Waals surface area contributed by atoms with Gasteiger partial charge in [0, 0.05) is 6.07 Å². The highest BCUT2D eigenvalue weighted by atomic mass is 19.4. The molecule has 0 bridgehead atoms. The summed E-state index contributed by atoms with van der Waals surface area (Å²) in [5.74, 6) is -3.22. The van der Waals surface area contributed by atoms with Crippen LogP contribution >= 0.6 is 0 Å². The fourth-order valence-corrected chi connectivity index (χ4v) is 1.13. The third-order valence-corrected chi connectivity index (χ3v) is 1.79. The second-order valence-corrected chi connectivity index (χ2v) is 3.00. The minimum atomic E-state index is -5.24. The largest absolute Gasteiger partial charge is 0.573 e. The molecule has 0 aromatic carbocycles. The van der Waals surface area contributed by atoms with Crippen molar-refractivity contribution in [3.05, 3.63) is 21.9 Å². The fraction of sp³-hybridized carbons (Fsp3) is 0.375. The molecule has 0 fully saturated rings. The molecule has 6 nitrogen and oxygen atoms in total. The lowest BCUT2D eigenvalue weighted by Gasteiger charge is -2.11. The van der Waals surface area contributed by atoms with Crippen LogP contribution in [-0.2, 0) is 0 Å². The highest BCUT2D eigenvalue weighted by Gasteiger charge is 2.37. The first-order valence-corrected chi connectivity index (χ1v) is 4.43. The number of alkyl halides is 5. The Hall–Kier alpha value is -2.20. The standard InChI is InChI=1S/C8H5F5N2O4/c1-18-4-2-3(19-8(11,12)13)5(6(9)10)14-7(4)15(16)17/h2,6H,1H3. The second-order valence-electron chi connectivity index (χ2n) is 3.00. The molecule has 0 radical (unpaired) electrons. The third kappa shape index (κ3) is 3.63. The highest BCUT2D eigenvalue weighted by molar-refractivity contribution is 5.47. The SMILES string of the molecule is COc1cc(OC(F)(F)F)c(C(F)F)nc1[N+](=O)[O-]. The summed E-state index contributed by atoms with van der Waals surface area (Å²) in [7, 11) is 0.906. The maximum absolute atomic E-state index is 12.5. The van der Waals surface area contributed by atoms with Gasteiger partial charge < -0.3 is 19.6 Å². The van der Waals surface area contributed by atoms with Crippen molar-refractivity contribution >= 4 is 5.82 Å². The summed E-state index contributed by atoms with van der Waals surface area (Å²) in [4.78, 5) is 12.2. The van der Waals surface area contributed by atoms with Crippen molar-refractivity contribution in [3.63, 3.8) is 0 Å². The lowest BCUT2D eigenvalue weighted by molar-refractivity contribution is -0.390. The van der Waals surface area contributed by atoms with Crippen LogP contribution in [0.1, 0.15) is 12.1 Å². The Morgan fingerprint density at radius 1 is 1.37 bits per heavy atom. The average molecular weight is 288 g/mol. The van der Waals surface area contributed by atoms with Crippen molar-refractivity contribution < 1.29 is 36.3 Å². The van der Waals surface area contributed by atoms with Gasteiger partial charge in [0.25, 0.3) is 5.69 Å². The molecule has 1 aromatic rings. The molecule has 0 unspecified atom stereocenters. The van der Waals surface area contributed by atoms with Crippen LogP contribution < -0.4 is 9.47 Å². The van der Waals surface area contributed by atoms with E-state index < -0.39 is 40.7 Å². The van der Waals surface area contributed by atoms with E-state index in [0.717, 1.165) is 7.11 Å². The minimum Gasteiger partial charge on any atom is -0.489 e. The van der Waals surface area contributed by atoms with Crippen LogP contribution in [0, 0.1) is 10.1 Å². The number of ether oxygens (including phenoxy) is 2. The Labute approximate surface area is 101 Å². The Morgan fingerprint density at radius 2 is 1.95 bits per heavy atom. The summed E-state index contributed by atoms with van der Waals surface area (Å²) < 4.78 is 68.8. The molecular formula is C8H5F5N2O4. The fourth-order valence-electron chi connectivity index (χ4n) is 1.13. The Kier molecular flexibility index (Phi) is 4.07. The molecule has 0 aliphatic carbocycles. The number of methoxy groups -OCH3 is 1. The van der Waals surface area contributed by atoms with Gasteiger partial charge in [-0.1, -0.05) is 0 Å². The number of rotatable bonds is 4. The minimum absolute atomic E-state index is 0.333. The van der Waals surface area contributed by atoms with E-state index in [0.29, 0.717) is 6.07 Å². The first kappa shape index (κ1) is 14.9. The highest BCUT2D eigenvalue weighted by Crippen LogP contribution is 2.38.